The molecule has 1 aliphatic rings. The molecule has 2 atom stereocenters. The molecule has 124 valence electrons. The summed E-state index contributed by atoms with van der Waals surface area (Å²) >= 11 is 5.93. The molecule has 1 heterocycles. The van der Waals surface area contributed by atoms with Crippen LogP contribution >= 0.6 is 11.6 Å². The molecule has 1 saturated heterocycles. The van der Waals surface area contributed by atoms with E-state index in [1.807, 2.05) is 0 Å². The van der Waals surface area contributed by atoms with Crippen LogP contribution in [0.25, 0.3) is 0 Å². The maximum Gasteiger partial charge on any atom is 0.229 e. The second kappa shape index (κ2) is 7.01. The average molecular weight is 347 g/mol. The predicted octanol–water partition coefficient (Wildman–Crippen LogP) is 3.69. The number of piperidine rings is 1. The standard InChI is InChI=1S/C18H16ClFN2O2/c19-12-4-2-6-14(10-12)21-18(24)15-7-8-16(23)22-17(15)11-3-1-5-13(20)9-11/h1-6,9-10,15,17H,7-8H2,(H,21,24)(H,22,23)/t15-,17-/m0/s1. The summed E-state index contributed by atoms with van der Waals surface area (Å²) in [6, 6.07) is 12.2. The van der Waals surface area contributed by atoms with Crippen LogP contribution in [0, 0.1) is 11.7 Å². The SMILES string of the molecule is O=C1CC[C@H](C(=O)Nc2cccc(Cl)c2)[C@H](c2cccc(F)c2)N1. The van der Waals surface area contributed by atoms with Crippen LogP contribution in [0.15, 0.2) is 48.5 Å². The van der Waals surface area contributed by atoms with Gasteiger partial charge < -0.3 is 10.6 Å². The minimum atomic E-state index is -0.555. The molecule has 1 aliphatic heterocycles. The van der Waals surface area contributed by atoms with Crippen molar-refractivity contribution in [3.05, 3.63) is 64.9 Å². The van der Waals surface area contributed by atoms with E-state index in [9.17, 15) is 14.0 Å². The Kier molecular flexibility index (Phi) is 4.81. The number of amides is 2. The lowest BCUT2D eigenvalue weighted by molar-refractivity contribution is -0.128. The zero-order chi connectivity index (χ0) is 17.1. The van der Waals surface area contributed by atoms with Crippen LogP contribution in [0.4, 0.5) is 10.1 Å². The molecular weight excluding hydrogens is 331 g/mol. The van der Waals surface area contributed by atoms with Crippen molar-refractivity contribution in [2.45, 2.75) is 18.9 Å². The first kappa shape index (κ1) is 16.5. The van der Waals surface area contributed by atoms with E-state index in [2.05, 4.69) is 10.6 Å². The number of anilines is 1. The fourth-order valence-corrected chi connectivity index (χ4v) is 3.09. The Morgan fingerprint density at radius 2 is 2.00 bits per heavy atom. The molecule has 0 spiro atoms. The Morgan fingerprint density at radius 3 is 2.75 bits per heavy atom. The lowest BCUT2D eigenvalue weighted by atomic mass is 9.85. The molecule has 1 fully saturated rings. The predicted molar refractivity (Wildman–Crippen MR) is 90.1 cm³/mol. The number of carbonyl (C=O) groups excluding carboxylic acids is 2. The summed E-state index contributed by atoms with van der Waals surface area (Å²) in [5.74, 6) is -1.26. The van der Waals surface area contributed by atoms with Gasteiger partial charge in [0.2, 0.25) is 11.8 Å². The van der Waals surface area contributed by atoms with Crippen LogP contribution in [-0.4, -0.2) is 11.8 Å². The Labute approximate surface area is 144 Å². The summed E-state index contributed by atoms with van der Waals surface area (Å²) in [4.78, 5) is 24.4. The molecule has 6 heteroatoms. The van der Waals surface area contributed by atoms with Crippen molar-refractivity contribution in [3.8, 4) is 0 Å². The molecule has 3 rings (SSSR count). The van der Waals surface area contributed by atoms with Gasteiger partial charge >= 0.3 is 0 Å². The zero-order valence-corrected chi connectivity index (χ0v) is 13.5. The highest BCUT2D eigenvalue weighted by atomic mass is 35.5. The molecule has 0 aromatic heterocycles. The second-order valence-electron chi connectivity index (χ2n) is 5.74. The normalized spacial score (nSPS) is 20.3. The van der Waals surface area contributed by atoms with Crippen LogP contribution in [0.3, 0.4) is 0 Å². The van der Waals surface area contributed by atoms with Crippen molar-refractivity contribution >= 4 is 29.1 Å². The summed E-state index contributed by atoms with van der Waals surface area (Å²) in [5.41, 5.74) is 1.16. The van der Waals surface area contributed by atoms with E-state index in [0.717, 1.165) is 0 Å². The minimum absolute atomic E-state index is 0.143. The van der Waals surface area contributed by atoms with Crippen LogP contribution in [0.2, 0.25) is 5.02 Å². The van der Waals surface area contributed by atoms with E-state index in [0.29, 0.717) is 22.7 Å². The molecule has 24 heavy (non-hydrogen) atoms. The van der Waals surface area contributed by atoms with Crippen LogP contribution in [0.1, 0.15) is 24.4 Å². The van der Waals surface area contributed by atoms with Gasteiger partial charge in [-0.05, 0) is 42.3 Å². The van der Waals surface area contributed by atoms with Crippen molar-refractivity contribution in [2.24, 2.45) is 5.92 Å². The third-order valence-electron chi connectivity index (χ3n) is 4.04. The Bertz CT molecular complexity index is 781. The number of nitrogens with one attached hydrogen (secondary N) is 2. The van der Waals surface area contributed by atoms with E-state index in [4.69, 9.17) is 11.6 Å². The Hall–Kier alpha value is -2.40. The molecule has 0 aliphatic carbocycles. The van der Waals surface area contributed by atoms with Crippen molar-refractivity contribution in [1.29, 1.82) is 0 Å². The monoisotopic (exact) mass is 346 g/mol. The fraction of sp³-hybridized carbons (Fsp3) is 0.222. The fourth-order valence-electron chi connectivity index (χ4n) is 2.90. The summed E-state index contributed by atoms with van der Waals surface area (Å²) in [5, 5.41) is 6.13. The van der Waals surface area contributed by atoms with Gasteiger partial charge in [0.25, 0.3) is 0 Å². The van der Waals surface area contributed by atoms with E-state index >= 15 is 0 Å². The van der Waals surface area contributed by atoms with Crippen LogP contribution in [0.5, 0.6) is 0 Å². The van der Waals surface area contributed by atoms with Crippen LogP contribution < -0.4 is 10.6 Å². The third-order valence-corrected chi connectivity index (χ3v) is 4.27. The van der Waals surface area contributed by atoms with Gasteiger partial charge in [-0.25, -0.2) is 4.39 Å². The van der Waals surface area contributed by atoms with Crippen molar-refractivity contribution in [3.63, 3.8) is 0 Å². The van der Waals surface area contributed by atoms with Gasteiger partial charge in [0.15, 0.2) is 0 Å². The van der Waals surface area contributed by atoms with Crippen LogP contribution in [-0.2, 0) is 9.59 Å². The Morgan fingerprint density at radius 1 is 1.21 bits per heavy atom. The second-order valence-corrected chi connectivity index (χ2v) is 6.18. The molecule has 2 aromatic carbocycles. The largest absolute Gasteiger partial charge is 0.348 e. The summed E-state index contributed by atoms with van der Waals surface area (Å²) in [6.07, 6.45) is 0.666. The topological polar surface area (TPSA) is 58.2 Å². The maximum atomic E-state index is 13.5. The number of rotatable bonds is 3. The van der Waals surface area contributed by atoms with Gasteiger partial charge in [0.05, 0.1) is 12.0 Å². The van der Waals surface area contributed by atoms with E-state index in [-0.39, 0.29) is 18.2 Å². The first-order valence-electron chi connectivity index (χ1n) is 7.64. The van der Waals surface area contributed by atoms with Gasteiger partial charge in [-0.2, -0.15) is 0 Å². The minimum Gasteiger partial charge on any atom is -0.348 e. The van der Waals surface area contributed by atoms with Crippen molar-refractivity contribution in [1.82, 2.24) is 5.32 Å². The van der Waals surface area contributed by atoms with Crippen molar-refractivity contribution < 1.29 is 14.0 Å². The molecule has 4 nitrogen and oxygen atoms in total. The lowest BCUT2D eigenvalue weighted by Gasteiger charge is -2.31. The molecule has 2 amide bonds. The smallest absolute Gasteiger partial charge is 0.229 e. The number of halogens is 2. The zero-order valence-electron chi connectivity index (χ0n) is 12.8. The van der Waals surface area contributed by atoms with E-state index in [1.165, 1.54) is 12.1 Å². The highest BCUT2D eigenvalue weighted by Gasteiger charge is 2.35. The van der Waals surface area contributed by atoms with Gasteiger partial charge in [0, 0.05) is 17.1 Å². The summed E-state index contributed by atoms with van der Waals surface area (Å²) in [7, 11) is 0. The van der Waals surface area contributed by atoms with Gasteiger partial charge in [0.1, 0.15) is 5.82 Å². The number of hydrogen-bond acceptors (Lipinski definition) is 2. The third kappa shape index (κ3) is 3.74. The van der Waals surface area contributed by atoms with Crippen molar-refractivity contribution in [2.75, 3.05) is 5.32 Å². The highest BCUT2D eigenvalue weighted by Crippen LogP contribution is 2.31. The highest BCUT2D eigenvalue weighted by molar-refractivity contribution is 6.30. The van der Waals surface area contributed by atoms with Gasteiger partial charge in [-0.15, -0.1) is 0 Å². The average Bonchev–Trinajstić information content (AvgIpc) is 2.54. The first-order chi connectivity index (χ1) is 11.5. The first-order valence-corrected chi connectivity index (χ1v) is 8.02. The lowest BCUT2D eigenvalue weighted by Crippen LogP contribution is -2.43. The molecule has 0 radical (unpaired) electrons. The van der Waals surface area contributed by atoms with Gasteiger partial charge in [-0.1, -0.05) is 29.8 Å². The Balaban J connectivity index is 1.83. The maximum absolute atomic E-state index is 13.5. The molecule has 2 aromatic rings. The van der Waals surface area contributed by atoms with E-state index in [1.54, 1.807) is 36.4 Å². The number of benzene rings is 2. The molecule has 0 bridgehead atoms. The molecule has 0 unspecified atom stereocenters. The molecule has 2 N–H and O–H groups in total. The molecule has 0 saturated carbocycles. The van der Waals surface area contributed by atoms with Gasteiger partial charge in [-0.3, -0.25) is 9.59 Å². The molecular formula is C18H16ClFN2O2. The summed E-state index contributed by atoms with van der Waals surface area (Å²) in [6.45, 7) is 0. The van der Waals surface area contributed by atoms with E-state index < -0.39 is 17.8 Å². The number of carbonyl (C=O) groups is 2. The quantitative estimate of drug-likeness (QED) is 0.890. The number of hydrogen-bond donors (Lipinski definition) is 2. The summed E-state index contributed by atoms with van der Waals surface area (Å²) < 4.78 is 13.5.